The average molecular weight is 456 g/mol. The number of halogens is 1. The normalized spacial score (nSPS) is 16.1. The van der Waals surface area contributed by atoms with Gasteiger partial charge in [0.15, 0.2) is 0 Å². The Kier molecular flexibility index (Phi) is 6.05. The van der Waals surface area contributed by atoms with E-state index in [1.54, 1.807) is 36.4 Å². The van der Waals surface area contributed by atoms with E-state index >= 15 is 0 Å². The second-order valence-corrected chi connectivity index (χ2v) is 7.75. The van der Waals surface area contributed by atoms with Crippen molar-refractivity contribution in [3.63, 3.8) is 0 Å². The molecule has 2 aliphatic rings. The first kappa shape index (κ1) is 21.7. The van der Waals surface area contributed by atoms with Crippen molar-refractivity contribution in [1.82, 2.24) is 4.90 Å². The maximum absolute atomic E-state index is 13.1. The average Bonchev–Trinajstić information content (AvgIpc) is 3.42. The summed E-state index contributed by atoms with van der Waals surface area (Å²) in [6.45, 7) is 1.53. The van der Waals surface area contributed by atoms with Gasteiger partial charge in [-0.2, -0.15) is 0 Å². The van der Waals surface area contributed by atoms with Crippen molar-refractivity contribution in [2.24, 2.45) is 0 Å². The molecule has 0 saturated carbocycles. The number of rotatable bonds is 6. The predicted molar refractivity (Wildman–Crippen MR) is 120 cm³/mol. The molecule has 4 rings (SSSR count). The summed E-state index contributed by atoms with van der Waals surface area (Å²) >= 11 is 6.23. The Morgan fingerprint density at radius 2 is 1.66 bits per heavy atom. The first-order chi connectivity index (χ1) is 15.4. The molecule has 1 N–H and O–H groups in total. The second-order valence-electron chi connectivity index (χ2n) is 7.37. The molecule has 0 bridgehead atoms. The molecule has 2 aromatic carbocycles. The molecule has 8 nitrogen and oxygen atoms in total. The van der Waals surface area contributed by atoms with Gasteiger partial charge in [0, 0.05) is 30.4 Å². The molecule has 2 aromatic rings. The number of nitrogens with one attached hydrogen (secondary N) is 1. The van der Waals surface area contributed by atoms with Crippen LogP contribution in [0.1, 0.15) is 23.2 Å². The number of ether oxygens (including phenoxy) is 2. The van der Waals surface area contributed by atoms with E-state index in [1.165, 1.54) is 20.3 Å². The fraction of sp³-hybridized carbons (Fsp3) is 0.261. The molecule has 0 atom stereocenters. The molecule has 0 spiro atoms. The zero-order valence-electron chi connectivity index (χ0n) is 17.7. The third kappa shape index (κ3) is 3.89. The number of hydrogen-bond acceptors (Lipinski definition) is 6. The lowest BCUT2D eigenvalue weighted by atomic mass is 10.2. The highest BCUT2D eigenvalue weighted by Gasteiger charge is 2.40. The lowest BCUT2D eigenvalue weighted by Crippen LogP contribution is -2.32. The Labute approximate surface area is 190 Å². The maximum atomic E-state index is 13.1. The van der Waals surface area contributed by atoms with E-state index in [0.29, 0.717) is 22.7 Å². The second kappa shape index (κ2) is 8.92. The van der Waals surface area contributed by atoms with Crippen LogP contribution in [0.25, 0.3) is 0 Å². The Balaban J connectivity index is 1.56. The van der Waals surface area contributed by atoms with E-state index in [9.17, 15) is 14.4 Å². The van der Waals surface area contributed by atoms with Gasteiger partial charge in [0.2, 0.25) is 0 Å². The van der Waals surface area contributed by atoms with Gasteiger partial charge in [-0.3, -0.25) is 14.4 Å². The third-order valence-electron chi connectivity index (χ3n) is 5.45. The summed E-state index contributed by atoms with van der Waals surface area (Å²) in [7, 11) is 2.92. The number of anilines is 2. The molecular weight excluding hydrogens is 434 g/mol. The van der Waals surface area contributed by atoms with Crippen molar-refractivity contribution >= 4 is 40.7 Å². The summed E-state index contributed by atoms with van der Waals surface area (Å²) in [5.74, 6) is -0.537. The molecule has 0 aromatic heterocycles. The molecular formula is C23H22ClN3O5. The van der Waals surface area contributed by atoms with E-state index in [4.69, 9.17) is 21.1 Å². The molecule has 1 saturated heterocycles. The summed E-state index contributed by atoms with van der Waals surface area (Å²) in [5.41, 5.74) is 1.26. The van der Waals surface area contributed by atoms with Gasteiger partial charge in [0.05, 0.1) is 19.9 Å². The predicted octanol–water partition coefficient (Wildman–Crippen LogP) is 3.38. The van der Waals surface area contributed by atoms with Gasteiger partial charge in [-0.1, -0.05) is 11.6 Å². The van der Waals surface area contributed by atoms with Crippen LogP contribution in [-0.4, -0.2) is 49.9 Å². The highest BCUT2D eigenvalue weighted by molar-refractivity contribution is 6.53. The van der Waals surface area contributed by atoms with Gasteiger partial charge in [0.25, 0.3) is 17.7 Å². The number of benzene rings is 2. The van der Waals surface area contributed by atoms with Crippen molar-refractivity contribution in [2.75, 3.05) is 37.5 Å². The summed E-state index contributed by atoms with van der Waals surface area (Å²) in [4.78, 5) is 41.2. The minimum atomic E-state index is -0.674. The van der Waals surface area contributed by atoms with Crippen LogP contribution >= 0.6 is 11.6 Å². The smallest absolute Gasteiger partial charge is 0.283 e. The number of carbonyl (C=O) groups is 3. The molecule has 2 aliphatic heterocycles. The number of likely N-dealkylation sites (tertiary alicyclic amines) is 1. The van der Waals surface area contributed by atoms with Gasteiger partial charge in [0.1, 0.15) is 22.2 Å². The Hall–Kier alpha value is -3.52. The minimum absolute atomic E-state index is 0.0188. The van der Waals surface area contributed by atoms with Gasteiger partial charge < -0.3 is 19.7 Å². The van der Waals surface area contributed by atoms with E-state index in [1.807, 2.05) is 4.90 Å². The van der Waals surface area contributed by atoms with E-state index in [-0.39, 0.29) is 22.3 Å². The van der Waals surface area contributed by atoms with Crippen molar-refractivity contribution < 1.29 is 23.9 Å². The highest BCUT2D eigenvalue weighted by atomic mass is 35.5. The molecule has 3 amide bonds. The third-order valence-corrected chi connectivity index (χ3v) is 5.80. The zero-order valence-corrected chi connectivity index (χ0v) is 18.4. The molecule has 0 aliphatic carbocycles. The Morgan fingerprint density at radius 1 is 0.969 bits per heavy atom. The maximum Gasteiger partial charge on any atom is 0.283 e. The van der Waals surface area contributed by atoms with Crippen LogP contribution in [0.5, 0.6) is 11.5 Å². The molecule has 9 heteroatoms. The molecule has 0 radical (unpaired) electrons. The number of imide groups is 1. The lowest BCUT2D eigenvalue weighted by Gasteiger charge is -2.19. The Bertz CT molecular complexity index is 1110. The van der Waals surface area contributed by atoms with E-state index < -0.39 is 11.8 Å². The summed E-state index contributed by atoms with van der Waals surface area (Å²) in [6, 6.07) is 11.5. The number of nitrogens with zero attached hydrogens (tertiary/aromatic N) is 2. The summed E-state index contributed by atoms with van der Waals surface area (Å²) in [6.07, 6.45) is 2.03. The van der Waals surface area contributed by atoms with Crippen LogP contribution in [0.2, 0.25) is 0 Å². The van der Waals surface area contributed by atoms with Crippen LogP contribution in [0.15, 0.2) is 53.2 Å². The van der Waals surface area contributed by atoms with Crippen LogP contribution in [0.4, 0.5) is 11.4 Å². The first-order valence-corrected chi connectivity index (χ1v) is 10.5. The van der Waals surface area contributed by atoms with Crippen LogP contribution in [0.3, 0.4) is 0 Å². The lowest BCUT2D eigenvalue weighted by molar-refractivity contribution is -0.120. The quantitative estimate of drug-likeness (QED) is 0.672. The number of methoxy groups -OCH3 is 2. The van der Waals surface area contributed by atoms with Gasteiger partial charge in [-0.15, -0.1) is 0 Å². The highest BCUT2D eigenvalue weighted by Crippen LogP contribution is 2.37. The standard InChI is InChI=1S/C23H22ClN3O5/c1-31-16-9-10-18(32-2)17(13-16)27-22(29)19(24)20(23(27)30)25-15-7-5-14(6-8-15)21(28)26-11-3-4-12-26/h5-10,13,25H,3-4,11-12H2,1-2H3. The molecule has 32 heavy (non-hydrogen) atoms. The number of carbonyl (C=O) groups excluding carboxylic acids is 3. The van der Waals surface area contributed by atoms with Crippen molar-refractivity contribution in [2.45, 2.75) is 12.8 Å². The molecule has 2 heterocycles. The molecule has 166 valence electrons. The Morgan fingerprint density at radius 3 is 2.28 bits per heavy atom. The van der Waals surface area contributed by atoms with Crippen molar-refractivity contribution in [1.29, 1.82) is 0 Å². The van der Waals surface area contributed by atoms with Gasteiger partial charge >= 0.3 is 0 Å². The summed E-state index contributed by atoms with van der Waals surface area (Å²) in [5, 5.41) is 2.67. The van der Waals surface area contributed by atoms with E-state index in [2.05, 4.69) is 5.32 Å². The topological polar surface area (TPSA) is 88.2 Å². The monoisotopic (exact) mass is 455 g/mol. The number of amides is 3. The zero-order chi connectivity index (χ0) is 22.8. The fourth-order valence-corrected chi connectivity index (χ4v) is 3.96. The van der Waals surface area contributed by atoms with Crippen molar-refractivity contribution in [3.05, 3.63) is 58.8 Å². The fourth-order valence-electron chi connectivity index (χ4n) is 3.74. The van der Waals surface area contributed by atoms with Crippen LogP contribution in [-0.2, 0) is 9.59 Å². The molecule has 0 unspecified atom stereocenters. The van der Waals surface area contributed by atoms with Crippen LogP contribution < -0.4 is 19.7 Å². The largest absolute Gasteiger partial charge is 0.497 e. The van der Waals surface area contributed by atoms with Crippen LogP contribution in [0, 0.1) is 0 Å². The molecule has 1 fully saturated rings. The van der Waals surface area contributed by atoms with E-state index in [0.717, 1.165) is 30.8 Å². The van der Waals surface area contributed by atoms with Gasteiger partial charge in [-0.05, 0) is 49.2 Å². The summed E-state index contributed by atoms with van der Waals surface area (Å²) < 4.78 is 10.5. The first-order valence-electron chi connectivity index (χ1n) is 10.1. The minimum Gasteiger partial charge on any atom is -0.497 e. The number of hydrogen-bond donors (Lipinski definition) is 1. The van der Waals surface area contributed by atoms with Gasteiger partial charge in [-0.25, -0.2) is 4.90 Å². The SMILES string of the molecule is COc1ccc(OC)c(N2C(=O)C(Cl)=C(Nc3ccc(C(=O)N4CCCC4)cc3)C2=O)c1. The van der Waals surface area contributed by atoms with Crippen molar-refractivity contribution in [3.8, 4) is 11.5 Å².